The van der Waals surface area contributed by atoms with E-state index in [2.05, 4.69) is 48.6 Å². The molecular weight excluding hydrogens is 232 g/mol. The van der Waals surface area contributed by atoms with Crippen molar-refractivity contribution in [1.82, 2.24) is 0 Å². The van der Waals surface area contributed by atoms with Gasteiger partial charge in [0.15, 0.2) is 0 Å². The van der Waals surface area contributed by atoms with E-state index in [4.69, 9.17) is 5.11 Å². The van der Waals surface area contributed by atoms with Crippen LogP contribution in [0.5, 0.6) is 0 Å². The van der Waals surface area contributed by atoms with E-state index in [-0.39, 0.29) is 6.61 Å². The lowest BCUT2D eigenvalue weighted by atomic mass is 10.1. The number of allylic oxidation sites excluding steroid dienone is 1. The number of rotatable bonds is 3. The highest BCUT2D eigenvalue weighted by Gasteiger charge is 2.00. The Labute approximate surface area is 115 Å². The third kappa shape index (κ3) is 4.38. The van der Waals surface area contributed by atoms with Gasteiger partial charge in [0.25, 0.3) is 0 Å². The minimum absolute atomic E-state index is 0.287. The van der Waals surface area contributed by atoms with E-state index in [9.17, 15) is 0 Å². The Hall–Kier alpha value is -1.86. The monoisotopic (exact) mass is 252 g/mol. The van der Waals surface area contributed by atoms with Crippen molar-refractivity contribution in [1.29, 1.82) is 0 Å². The highest BCUT2D eigenvalue weighted by atomic mass is 16.2. The molecular formula is C18H20O. The molecule has 0 bridgehead atoms. The second-order valence-electron chi connectivity index (χ2n) is 4.62. The number of fused-ring (bicyclic) bond motifs is 1. The Morgan fingerprint density at radius 2 is 1.63 bits per heavy atom. The molecule has 0 unspecified atom stereocenters. The van der Waals surface area contributed by atoms with E-state index in [0.717, 1.165) is 19.3 Å². The first-order valence-corrected chi connectivity index (χ1v) is 6.79. The van der Waals surface area contributed by atoms with E-state index in [1.165, 1.54) is 16.7 Å². The molecule has 19 heavy (non-hydrogen) atoms. The average Bonchev–Trinajstić information content (AvgIpc) is 2.95. The van der Waals surface area contributed by atoms with E-state index in [1.807, 2.05) is 18.2 Å². The van der Waals surface area contributed by atoms with Crippen LogP contribution in [0.4, 0.5) is 0 Å². The Morgan fingerprint density at radius 3 is 2.37 bits per heavy atom. The molecule has 0 atom stereocenters. The van der Waals surface area contributed by atoms with E-state index in [0.29, 0.717) is 0 Å². The molecule has 1 heteroatoms. The average molecular weight is 252 g/mol. The van der Waals surface area contributed by atoms with Crippen LogP contribution in [-0.2, 0) is 12.8 Å². The summed E-state index contributed by atoms with van der Waals surface area (Å²) in [6.07, 6.45) is 7.34. The molecule has 0 aliphatic heterocycles. The number of hydrogen-bond donors (Lipinski definition) is 1. The standard InChI is InChI=1S/C9H12O.C9H8/c10-8-4-7-9-5-2-1-3-6-9;1-2-5-9-7-3-6-8(9)4-1/h1-3,5-6,10H,4,7-8H2;1-6H,7H2. The minimum Gasteiger partial charge on any atom is -0.396 e. The zero-order valence-electron chi connectivity index (χ0n) is 11.1. The van der Waals surface area contributed by atoms with Crippen molar-refractivity contribution in [2.45, 2.75) is 19.3 Å². The summed E-state index contributed by atoms with van der Waals surface area (Å²) in [4.78, 5) is 0. The second-order valence-corrected chi connectivity index (χ2v) is 4.62. The van der Waals surface area contributed by atoms with Crippen molar-refractivity contribution in [3.8, 4) is 0 Å². The number of aliphatic hydroxyl groups is 1. The fourth-order valence-electron chi connectivity index (χ4n) is 2.12. The number of aryl methyl sites for hydroxylation is 1. The van der Waals surface area contributed by atoms with Crippen LogP contribution in [0.15, 0.2) is 60.7 Å². The third-order valence-corrected chi connectivity index (χ3v) is 3.16. The molecule has 0 heterocycles. The lowest BCUT2D eigenvalue weighted by Gasteiger charge is -1.96. The van der Waals surface area contributed by atoms with Crippen molar-refractivity contribution in [3.63, 3.8) is 0 Å². The van der Waals surface area contributed by atoms with Gasteiger partial charge in [0, 0.05) is 6.61 Å². The van der Waals surface area contributed by atoms with Crippen LogP contribution in [0, 0.1) is 0 Å². The molecule has 98 valence electrons. The molecule has 0 radical (unpaired) electrons. The lowest BCUT2D eigenvalue weighted by molar-refractivity contribution is 0.288. The predicted molar refractivity (Wildman–Crippen MR) is 81.0 cm³/mol. The zero-order valence-corrected chi connectivity index (χ0v) is 11.1. The summed E-state index contributed by atoms with van der Waals surface area (Å²) in [5.74, 6) is 0. The number of aliphatic hydroxyl groups excluding tert-OH is 1. The van der Waals surface area contributed by atoms with Gasteiger partial charge in [-0.25, -0.2) is 0 Å². The zero-order chi connectivity index (χ0) is 13.3. The summed E-state index contributed by atoms with van der Waals surface area (Å²) in [6.45, 7) is 0.287. The van der Waals surface area contributed by atoms with Crippen LogP contribution >= 0.6 is 0 Å². The van der Waals surface area contributed by atoms with Crippen LogP contribution in [0.3, 0.4) is 0 Å². The molecule has 0 aromatic heterocycles. The van der Waals surface area contributed by atoms with E-state index < -0.39 is 0 Å². The Bertz CT molecular complexity index is 514. The van der Waals surface area contributed by atoms with Gasteiger partial charge in [-0.2, -0.15) is 0 Å². The van der Waals surface area contributed by atoms with Crippen LogP contribution in [0.2, 0.25) is 0 Å². The fourth-order valence-corrected chi connectivity index (χ4v) is 2.12. The van der Waals surface area contributed by atoms with E-state index in [1.54, 1.807) is 0 Å². The maximum absolute atomic E-state index is 8.53. The number of hydrogen-bond acceptors (Lipinski definition) is 1. The minimum atomic E-state index is 0.287. The molecule has 0 spiro atoms. The van der Waals surface area contributed by atoms with Crippen molar-refractivity contribution in [2.75, 3.05) is 6.61 Å². The quantitative estimate of drug-likeness (QED) is 0.879. The van der Waals surface area contributed by atoms with Gasteiger partial charge in [-0.1, -0.05) is 66.7 Å². The van der Waals surface area contributed by atoms with Crippen LogP contribution in [0.25, 0.3) is 6.08 Å². The van der Waals surface area contributed by atoms with Crippen LogP contribution in [-0.4, -0.2) is 11.7 Å². The highest BCUT2D eigenvalue weighted by molar-refractivity contribution is 5.59. The molecule has 1 N–H and O–H groups in total. The largest absolute Gasteiger partial charge is 0.396 e. The van der Waals surface area contributed by atoms with Crippen LogP contribution in [0.1, 0.15) is 23.1 Å². The Kier molecular flexibility index (Phi) is 5.39. The maximum Gasteiger partial charge on any atom is 0.0434 e. The van der Waals surface area contributed by atoms with Gasteiger partial charge in [-0.05, 0) is 36.0 Å². The first-order chi connectivity index (χ1) is 9.40. The molecule has 1 aliphatic carbocycles. The van der Waals surface area contributed by atoms with Crippen molar-refractivity contribution in [2.24, 2.45) is 0 Å². The predicted octanol–water partition coefficient (Wildman–Crippen LogP) is 3.87. The molecule has 2 aromatic carbocycles. The molecule has 0 amide bonds. The van der Waals surface area contributed by atoms with Crippen molar-refractivity contribution in [3.05, 3.63) is 77.4 Å². The van der Waals surface area contributed by atoms with Gasteiger partial charge < -0.3 is 5.11 Å². The SMILES string of the molecule is C1=Cc2ccccc2C1.OCCCc1ccccc1. The molecule has 0 saturated carbocycles. The molecule has 1 aliphatic rings. The number of benzene rings is 2. The van der Waals surface area contributed by atoms with Gasteiger partial charge >= 0.3 is 0 Å². The first-order valence-electron chi connectivity index (χ1n) is 6.79. The Morgan fingerprint density at radius 1 is 0.895 bits per heavy atom. The topological polar surface area (TPSA) is 20.2 Å². The first kappa shape index (κ1) is 13.6. The molecule has 2 aromatic rings. The summed E-state index contributed by atoms with van der Waals surface area (Å²) in [6, 6.07) is 18.7. The summed E-state index contributed by atoms with van der Waals surface area (Å²) in [5, 5.41) is 8.53. The molecule has 1 nitrogen and oxygen atoms in total. The lowest BCUT2D eigenvalue weighted by Crippen LogP contribution is -1.87. The van der Waals surface area contributed by atoms with Gasteiger partial charge in [-0.3, -0.25) is 0 Å². The smallest absolute Gasteiger partial charge is 0.0434 e. The molecule has 0 saturated heterocycles. The summed E-state index contributed by atoms with van der Waals surface area (Å²) in [5.41, 5.74) is 4.14. The molecule has 0 fully saturated rings. The third-order valence-electron chi connectivity index (χ3n) is 3.16. The molecule has 3 rings (SSSR count). The highest BCUT2D eigenvalue weighted by Crippen LogP contribution is 2.17. The van der Waals surface area contributed by atoms with Crippen molar-refractivity contribution < 1.29 is 5.11 Å². The Balaban J connectivity index is 0.000000141. The van der Waals surface area contributed by atoms with Crippen LogP contribution < -0.4 is 0 Å². The van der Waals surface area contributed by atoms with Gasteiger partial charge in [-0.15, -0.1) is 0 Å². The second kappa shape index (κ2) is 7.55. The van der Waals surface area contributed by atoms with Gasteiger partial charge in [0.1, 0.15) is 0 Å². The summed E-state index contributed by atoms with van der Waals surface area (Å²) < 4.78 is 0. The van der Waals surface area contributed by atoms with Crippen molar-refractivity contribution >= 4 is 6.08 Å². The summed E-state index contributed by atoms with van der Waals surface area (Å²) in [7, 11) is 0. The van der Waals surface area contributed by atoms with Gasteiger partial charge in [0.05, 0.1) is 0 Å². The fraction of sp³-hybridized carbons (Fsp3) is 0.222. The normalized spacial score (nSPS) is 11.6. The van der Waals surface area contributed by atoms with Gasteiger partial charge in [0.2, 0.25) is 0 Å². The van der Waals surface area contributed by atoms with E-state index >= 15 is 0 Å². The maximum atomic E-state index is 8.53. The summed E-state index contributed by atoms with van der Waals surface area (Å²) >= 11 is 0.